The van der Waals surface area contributed by atoms with Crippen LogP contribution in [-0.4, -0.2) is 51.7 Å². The van der Waals surface area contributed by atoms with Crippen LogP contribution in [0.2, 0.25) is 0 Å². The van der Waals surface area contributed by atoms with E-state index in [1.54, 1.807) is 6.92 Å². The summed E-state index contributed by atoms with van der Waals surface area (Å²) in [5, 5.41) is 10.1. The number of carbonyl (C=O) groups is 1. The van der Waals surface area contributed by atoms with Gasteiger partial charge in [-0.2, -0.15) is 26.7 Å². The predicted molar refractivity (Wildman–Crippen MR) is 111 cm³/mol. The molecule has 1 atom stereocenters. The highest BCUT2D eigenvalue weighted by molar-refractivity contribution is 7.85. The molecule has 0 saturated carbocycles. The zero-order chi connectivity index (χ0) is 25.3. The van der Waals surface area contributed by atoms with E-state index in [0.29, 0.717) is 11.4 Å². The Hall–Kier alpha value is -3.33. The summed E-state index contributed by atoms with van der Waals surface area (Å²) in [5.74, 6) is -2.87. The lowest BCUT2D eigenvalue weighted by molar-refractivity contribution is -0.145. The minimum Gasteiger partial charge on any atom is -0.321 e. The van der Waals surface area contributed by atoms with Crippen molar-refractivity contribution in [2.75, 3.05) is 18.2 Å². The molecule has 0 bridgehead atoms. The van der Waals surface area contributed by atoms with Crippen molar-refractivity contribution in [3.63, 3.8) is 0 Å². The number of benzene rings is 1. The number of aryl methyl sites for hydroxylation is 1. The van der Waals surface area contributed by atoms with Crippen LogP contribution >= 0.6 is 0 Å². The number of hydrogen-bond acceptors (Lipinski definition) is 7. The number of carbonyl (C=O) groups excluding carboxylic acids is 1. The lowest BCUT2D eigenvalue weighted by atomic mass is 10.2. The van der Waals surface area contributed by atoms with E-state index in [0.717, 1.165) is 10.9 Å². The maximum absolute atomic E-state index is 13.2. The van der Waals surface area contributed by atoms with Crippen molar-refractivity contribution in [2.24, 2.45) is 0 Å². The summed E-state index contributed by atoms with van der Waals surface area (Å²) in [6.45, 7) is 2.37. The van der Waals surface area contributed by atoms with Crippen molar-refractivity contribution < 1.29 is 35.0 Å². The summed E-state index contributed by atoms with van der Waals surface area (Å²) in [6, 6.07) is 4.04. The molecule has 0 aliphatic carbocycles. The van der Waals surface area contributed by atoms with Crippen molar-refractivity contribution >= 4 is 21.7 Å². The Bertz CT molecular complexity index is 1290. The van der Waals surface area contributed by atoms with E-state index in [4.69, 9.17) is 0 Å². The van der Waals surface area contributed by atoms with E-state index in [-0.39, 0.29) is 17.9 Å². The van der Waals surface area contributed by atoms with Crippen LogP contribution in [0.4, 0.5) is 23.2 Å². The van der Waals surface area contributed by atoms with Gasteiger partial charge < -0.3 is 5.32 Å². The molecule has 0 aliphatic heterocycles. The Labute approximate surface area is 191 Å². The average Bonchev–Trinajstić information content (AvgIpc) is 3.28. The topological polar surface area (TPSA) is 121 Å². The second-order valence-corrected chi connectivity index (χ2v) is 8.92. The van der Waals surface area contributed by atoms with Crippen molar-refractivity contribution in [2.45, 2.75) is 32.5 Å². The smallest absolute Gasteiger partial charge is 0.321 e. The van der Waals surface area contributed by atoms with Crippen molar-refractivity contribution in [1.29, 1.82) is 0 Å². The van der Waals surface area contributed by atoms with E-state index in [1.165, 1.54) is 42.1 Å². The van der Waals surface area contributed by atoms with E-state index in [1.807, 2.05) is 0 Å². The molecule has 2 aromatic heterocycles. The molecule has 10 nitrogen and oxygen atoms in total. The molecule has 3 aromatic rings. The van der Waals surface area contributed by atoms with Gasteiger partial charge in [0, 0.05) is 6.42 Å². The summed E-state index contributed by atoms with van der Waals surface area (Å²) in [4.78, 5) is 16.4. The maximum Gasteiger partial charge on any atom is 0.453 e. The zero-order valence-corrected chi connectivity index (χ0v) is 19.0. The molecule has 1 aromatic carbocycles. The number of amides is 1. The van der Waals surface area contributed by atoms with E-state index in [2.05, 4.69) is 24.7 Å². The summed E-state index contributed by atoms with van der Waals surface area (Å²) in [5.41, 5.74) is 1.20. The number of aromatic nitrogens is 5. The summed E-state index contributed by atoms with van der Waals surface area (Å²) in [6.07, 6.45) is -3.04. The van der Waals surface area contributed by atoms with Gasteiger partial charge in [-0.3, -0.25) is 8.98 Å². The summed E-state index contributed by atoms with van der Waals surface area (Å²) >= 11 is 0. The van der Waals surface area contributed by atoms with Crippen LogP contribution in [0.3, 0.4) is 0 Å². The van der Waals surface area contributed by atoms with Crippen LogP contribution in [0.1, 0.15) is 29.8 Å². The largest absolute Gasteiger partial charge is 0.453 e. The summed E-state index contributed by atoms with van der Waals surface area (Å²) in [7, 11) is -3.85. The van der Waals surface area contributed by atoms with Gasteiger partial charge in [-0.1, -0.05) is 0 Å². The van der Waals surface area contributed by atoms with Crippen LogP contribution in [-0.2, 0) is 25.3 Å². The van der Waals surface area contributed by atoms with Crippen LogP contribution < -0.4 is 5.32 Å². The molecule has 0 fully saturated rings. The first kappa shape index (κ1) is 25.3. The number of anilines is 1. The molecular weight excluding hydrogens is 484 g/mol. The molecule has 3 rings (SSSR count). The Morgan fingerprint density at radius 2 is 1.85 bits per heavy atom. The van der Waals surface area contributed by atoms with Gasteiger partial charge in [0.15, 0.2) is 0 Å². The lowest BCUT2D eigenvalue weighted by Gasteiger charge is -2.18. The third-order valence-corrected chi connectivity index (χ3v) is 5.28. The second kappa shape index (κ2) is 9.50. The van der Waals surface area contributed by atoms with E-state index < -0.39 is 46.5 Å². The number of halogens is 4. The standard InChI is InChI=1S/C19H20F4N6O4S/c1-11-15(10-24-28(11)14-6-4-13(20)5-7-14)26-17(30)16(8-9-33-34(3,31)32)29-12(2)25-18(27-29)19(21,22)23/h4-7,10,16H,8-9H2,1-3H3,(H,26,30). The molecule has 0 saturated heterocycles. The molecule has 184 valence electrons. The van der Waals surface area contributed by atoms with Gasteiger partial charge in [-0.25, -0.2) is 18.7 Å². The Morgan fingerprint density at radius 1 is 1.21 bits per heavy atom. The van der Waals surface area contributed by atoms with Crippen LogP contribution in [0, 0.1) is 19.7 Å². The lowest BCUT2D eigenvalue weighted by Crippen LogP contribution is -2.29. The van der Waals surface area contributed by atoms with Gasteiger partial charge in [-0.05, 0) is 38.1 Å². The first-order valence-corrected chi connectivity index (χ1v) is 11.5. The number of nitrogens with one attached hydrogen (secondary N) is 1. The summed E-state index contributed by atoms with van der Waals surface area (Å²) < 4.78 is 81.8. The van der Waals surface area contributed by atoms with Gasteiger partial charge in [0.25, 0.3) is 15.9 Å². The monoisotopic (exact) mass is 504 g/mol. The normalized spacial score (nSPS) is 13.1. The molecule has 0 aliphatic rings. The molecule has 1 unspecified atom stereocenters. The Kier molecular flexibility index (Phi) is 7.07. The number of alkyl halides is 3. The molecule has 0 radical (unpaired) electrons. The highest BCUT2D eigenvalue weighted by Crippen LogP contribution is 2.28. The molecular formula is C19H20F4N6O4S. The third-order valence-electron chi connectivity index (χ3n) is 4.68. The molecule has 1 N–H and O–H groups in total. The predicted octanol–water partition coefficient (Wildman–Crippen LogP) is 2.78. The zero-order valence-electron chi connectivity index (χ0n) is 18.2. The fourth-order valence-electron chi connectivity index (χ4n) is 3.08. The quantitative estimate of drug-likeness (QED) is 0.370. The average molecular weight is 504 g/mol. The van der Waals surface area contributed by atoms with E-state index in [9.17, 15) is 30.8 Å². The van der Waals surface area contributed by atoms with Gasteiger partial charge in [0.1, 0.15) is 17.7 Å². The van der Waals surface area contributed by atoms with Gasteiger partial charge in [-0.15, -0.1) is 5.10 Å². The van der Waals surface area contributed by atoms with Crippen LogP contribution in [0.25, 0.3) is 5.69 Å². The molecule has 2 heterocycles. The molecule has 15 heteroatoms. The fraction of sp³-hybridized carbons (Fsp3) is 0.368. The van der Waals surface area contributed by atoms with Crippen molar-refractivity contribution in [1.82, 2.24) is 24.5 Å². The molecule has 1 amide bonds. The Morgan fingerprint density at radius 3 is 2.41 bits per heavy atom. The number of nitrogens with zero attached hydrogens (tertiary/aromatic N) is 5. The molecule has 34 heavy (non-hydrogen) atoms. The maximum atomic E-state index is 13.2. The van der Waals surface area contributed by atoms with Crippen molar-refractivity contribution in [3.8, 4) is 5.69 Å². The first-order valence-electron chi connectivity index (χ1n) is 9.72. The van der Waals surface area contributed by atoms with Crippen LogP contribution in [0.15, 0.2) is 30.5 Å². The van der Waals surface area contributed by atoms with Crippen LogP contribution in [0.5, 0.6) is 0 Å². The van der Waals surface area contributed by atoms with Gasteiger partial charge in [0.2, 0.25) is 5.91 Å². The fourth-order valence-corrected chi connectivity index (χ4v) is 3.48. The van der Waals surface area contributed by atoms with Gasteiger partial charge in [0.05, 0.1) is 36.1 Å². The third kappa shape index (κ3) is 5.96. The SMILES string of the molecule is Cc1c(NC(=O)C(CCOS(C)(=O)=O)n2nc(C(F)(F)F)nc2C)cnn1-c1ccc(F)cc1. The number of hydrogen-bond donors (Lipinski definition) is 1. The van der Waals surface area contributed by atoms with Gasteiger partial charge >= 0.3 is 6.18 Å². The molecule has 0 spiro atoms. The minimum atomic E-state index is -4.84. The van der Waals surface area contributed by atoms with E-state index >= 15 is 0 Å². The minimum absolute atomic E-state index is 0.203. The first-order chi connectivity index (χ1) is 15.8. The van der Waals surface area contributed by atoms with Crippen molar-refractivity contribution in [3.05, 3.63) is 53.6 Å². The Balaban J connectivity index is 1.89. The second-order valence-electron chi connectivity index (χ2n) is 7.28. The highest BCUT2D eigenvalue weighted by Gasteiger charge is 2.38. The highest BCUT2D eigenvalue weighted by atomic mass is 32.2. The number of rotatable bonds is 8.